The lowest BCUT2D eigenvalue weighted by Crippen LogP contribution is -2.32. The molecule has 132 valence electrons. The molecule has 3 aromatic rings. The topological polar surface area (TPSA) is 41.1 Å². The molecule has 0 aliphatic rings. The van der Waals surface area contributed by atoms with Crippen LogP contribution < -0.4 is 10.6 Å². The summed E-state index contributed by atoms with van der Waals surface area (Å²) in [6.45, 7) is 2.33. The van der Waals surface area contributed by atoms with Gasteiger partial charge in [0.2, 0.25) is 5.91 Å². The fraction of sp³-hybridized carbons (Fsp3) is 0.174. The van der Waals surface area contributed by atoms with Crippen molar-refractivity contribution in [2.45, 2.75) is 19.4 Å². The van der Waals surface area contributed by atoms with Gasteiger partial charge in [0.1, 0.15) is 0 Å². The van der Waals surface area contributed by atoms with Crippen LogP contribution in [0.4, 0.5) is 5.69 Å². The Hall–Kier alpha value is -2.91. The second kappa shape index (κ2) is 8.97. The van der Waals surface area contributed by atoms with Crippen LogP contribution >= 0.6 is 0 Å². The summed E-state index contributed by atoms with van der Waals surface area (Å²) in [4.78, 5) is 12.5. The minimum Gasteiger partial charge on any atom is -0.325 e. The number of carbonyl (C=O) groups excluding carboxylic acids is 1. The molecular weight excluding hydrogens is 320 g/mol. The van der Waals surface area contributed by atoms with E-state index in [1.165, 1.54) is 0 Å². The molecule has 0 unspecified atom stereocenters. The van der Waals surface area contributed by atoms with E-state index in [9.17, 15) is 4.79 Å². The summed E-state index contributed by atoms with van der Waals surface area (Å²) in [6, 6.07) is 28.3. The predicted octanol–water partition coefficient (Wildman–Crippen LogP) is 4.57. The Labute approximate surface area is 155 Å². The van der Waals surface area contributed by atoms with Crippen molar-refractivity contribution >= 4 is 11.6 Å². The first-order chi connectivity index (χ1) is 12.8. The van der Waals surface area contributed by atoms with Gasteiger partial charge in [-0.25, -0.2) is 0 Å². The van der Waals surface area contributed by atoms with Crippen molar-refractivity contribution in [3.05, 3.63) is 102 Å². The SMILES string of the molecule is CCc1ccccc1NC(=O)CNC(c1ccccc1)c1ccccc1. The van der Waals surface area contributed by atoms with Crippen LogP contribution in [-0.4, -0.2) is 12.5 Å². The van der Waals surface area contributed by atoms with Crippen LogP contribution in [0, 0.1) is 0 Å². The summed E-state index contributed by atoms with van der Waals surface area (Å²) in [5.41, 5.74) is 4.31. The number of hydrogen-bond acceptors (Lipinski definition) is 2. The quantitative estimate of drug-likeness (QED) is 0.659. The first-order valence-corrected chi connectivity index (χ1v) is 8.99. The van der Waals surface area contributed by atoms with Gasteiger partial charge in [0.25, 0.3) is 0 Å². The molecule has 3 rings (SSSR count). The lowest BCUT2D eigenvalue weighted by molar-refractivity contribution is -0.115. The number of para-hydroxylation sites is 1. The van der Waals surface area contributed by atoms with E-state index in [0.717, 1.165) is 28.8 Å². The van der Waals surface area contributed by atoms with Crippen LogP contribution in [0.25, 0.3) is 0 Å². The van der Waals surface area contributed by atoms with E-state index in [0.29, 0.717) is 0 Å². The Morgan fingerprint density at radius 2 is 1.35 bits per heavy atom. The number of anilines is 1. The molecule has 0 bridgehead atoms. The summed E-state index contributed by atoms with van der Waals surface area (Å²) in [5, 5.41) is 6.42. The number of amides is 1. The fourth-order valence-electron chi connectivity index (χ4n) is 3.06. The number of carbonyl (C=O) groups is 1. The molecule has 2 N–H and O–H groups in total. The molecule has 0 aliphatic heterocycles. The number of aryl methyl sites for hydroxylation is 1. The molecule has 26 heavy (non-hydrogen) atoms. The fourth-order valence-corrected chi connectivity index (χ4v) is 3.06. The molecule has 0 saturated heterocycles. The highest BCUT2D eigenvalue weighted by Gasteiger charge is 2.15. The lowest BCUT2D eigenvalue weighted by Gasteiger charge is -2.20. The van der Waals surface area contributed by atoms with Crippen LogP contribution in [0.15, 0.2) is 84.9 Å². The highest BCUT2D eigenvalue weighted by molar-refractivity contribution is 5.93. The van der Waals surface area contributed by atoms with Crippen molar-refractivity contribution in [2.75, 3.05) is 11.9 Å². The molecule has 0 spiro atoms. The second-order valence-electron chi connectivity index (χ2n) is 6.19. The van der Waals surface area contributed by atoms with E-state index in [4.69, 9.17) is 0 Å². The van der Waals surface area contributed by atoms with E-state index >= 15 is 0 Å². The molecule has 0 saturated carbocycles. The maximum absolute atomic E-state index is 12.5. The highest BCUT2D eigenvalue weighted by atomic mass is 16.1. The highest BCUT2D eigenvalue weighted by Crippen LogP contribution is 2.21. The van der Waals surface area contributed by atoms with Crippen molar-refractivity contribution in [3.63, 3.8) is 0 Å². The molecular formula is C23H24N2O. The summed E-state index contributed by atoms with van der Waals surface area (Å²) in [6.07, 6.45) is 0.889. The Balaban J connectivity index is 1.71. The van der Waals surface area contributed by atoms with Gasteiger partial charge in [-0.2, -0.15) is 0 Å². The third-order valence-electron chi connectivity index (χ3n) is 4.40. The van der Waals surface area contributed by atoms with Gasteiger partial charge in [-0.15, -0.1) is 0 Å². The molecule has 0 radical (unpaired) electrons. The van der Waals surface area contributed by atoms with Crippen molar-refractivity contribution in [1.82, 2.24) is 5.32 Å². The molecule has 0 heterocycles. The van der Waals surface area contributed by atoms with Crippen molar-refractivity contribution < 1.29 is 4.79 Å². The van der Waals surface area contributed by atoms with Crippen LogP contribution in [0.2, 0.25) is 0 Å². The Bertz CT molecular complexity index is 792. The number of benzene rings is 3. The third-order valence-corrected chi connectivity index (χ3v) is 4.40. The zero-order valence-corrected chi connectivity index (χ0v) is 15.0. The maximum Gasteiger partial charge on any atom is 0.238 e. The predicted molar refractivity (Wildman–Crippen MR) is 107 cm³/mol. The molecule has 0 aliphatic carbocycles. The third kappa shape index (κ3) is 4.58. The Kier molecular flexibility index (Phi) is 6.18. The zero-order chi connectivity index (χ0) is 18.2. The largest absolute Gasteiger partial charge is 0.325 e. The van der Waals surface area contributed by atoms with E-state index in [1.54, 1.807) is 0 Å². The molecule has 3 nitrogen and oxygen atoms in total. The van der Waals surface area contributed by atoms with Crippen LogP contribution in [0.5, 0.6) is 0 Å². The standard InChI is InChI=1S/C23H24N2O/c1-2-18-11-9-10-16-21(18)25-22(26)17-24-23(19-12-5-3-6-13-19)20-14-7-4-8-15-20/h3-16,23-24H,2,17H2,1H3,(H,25,26). The Morgan fingerprint density at radius 3 is 1.92 bits per heavy atom. The van der Waals surface area contributed by atoms with Gasteiger partial charge in [-0.3, -0.25) is 10.1 Å². The first kappa shape index (κ1) is 17.9. The van der Waals surface area contributed by atoms with Crippen LogP contribution in [-0.2, 0) is 11.2 Å². The van der Waals surface area contributed by atoms with Gasteiger partial charge < -0.3 is 5.32 Å². The lowest BCUT2D eigenvalue weighted by atomic mass is 9.99. The zero-order valence-electron chi connectivity index (χ0n) is 15.0. The first-order valence-electron chi connectivity index (χ1n) is 8.99. The number of rotatable bonds is 7. The minimum absolute atomic E-state index is 0.0235. The van der Waals surface area contributed by atoms with Gasteiger partial charge in [-0.05, 0) is 29.2 Å². The van der Waals surface area contributed by atoms with Crippen LogP contribution in [0.3, 0.4) is 0 Å². The monoisotopic (exact) mass is 344 g/mol. The second-order valence-corrected chi connectivity index (χ2v) is 6.19. The van der Waals surface area contributed by atoms with Gasteiger partial charge in [-0.1, -0.05) is 85.8 Å². The maximum atomic E-state index is 12.5. The van der Waals surface area contributed by atoms with E-state index in [2.05, 4.69) is 41.8 Å². The summed E-state index contributed by atoms with van der Waals surface area (Å²) >= 11 is 0. The molecule has 0 atom stereocenters. The van der Waals surface area contributed by atoms with Crippen molar-refractivity contribution in [3.8, 4) is 0 Å². The van der Waals surface area contributed by atoms with E-state index < -0.39 is 0 Å². The minimum atomic E-state index is -0.0391. The van der Waals surface area contributed by atoms with Gasteiger partial charge in [0, 0.05) is 5.69 Å². The Morgan fingerprint density at radius 1 is 0.808 bits per heavy atom. The average Bonchev–Trinajstić information content (AvgIpc) is 2.70. The molecule has 0 fully saturated rings. The average molecular weight is 344 g/mol. The van der Waals surface area contributed by atoms with Gasteiger partial charge in [0.15, 0.2) is 0 Å². The summed E-state index contributed by atoms with van der Waals surface area (Å²) < 4.78 is 0. The molecule has 1 amide bonds. The van der Waals surface area contributed by atoms with Crippen molar-refractivity contribution in [2.24, 2.45) is 0 Å². The van der Waals surface area contributed by atoms with Gasteiger partial charge in [0.05, 0.1) is 12.6 Å². The van der Waals surface area contributed by atoms with Gasteiger partial charge >= 0.3 is 0 Å². The summed E-state index contributed by atoms with van der Waals surface area (Å²) in [5.74, 6) is -0.0391. The number of hydrogen-bond donors (Lipinski definition) is 2. The van der Waals surface area contributed by atoms with Crippen molar-refractivity contribution in [1.29, 1.82) is 0 Å². The normalized spacial score (nSPS) is 10.7. The van der Waals surface area contributed by atoms with E-state index in [-0.39, 0.29) is 18.5 Å². The molecule has 3 heteroatoms. The smallest absolute Gasteiger partial charge is 0.238 e. The van der Waals surface area contributed by atoms with E-state index in [1.807, 2.05) is 60.7 Å². The molecule has 3 aromatic carbocycles. The summed E-state index contributed by atoms with van der Waals surface area (Å²) in [7, 11) is 0. The van der Waals surface area contributed by atoms with Crippen LogP contribution in [0.1, 0.15) is 29.7 Å². The number of nitrogens with one attached hydrogen (secondary N) is 2. The molecule has 0 aromatic heterocycles.